The molecule has 2 N–H and O–H groups in total. The lowest BCUT2D eigenvalue weighted by Gasteiger charge is -2.02. The number of nitrogens with zero attached hydrogens (tertiary/aromatic N) is 2. The van der Waals surface area contributed by atoms with Gasteiger partial charge in [-0.1, -0.05) is 23.7 Å². The molecule has 2 heterocycles. The average Bonchev–Trinajstić information content (AvgIpc) is 2.93. The predicted molar refractivity (Wildman–Crippen MR) is 91.2 cm³/mol. The first-order chi connectivity index (χ1) is 11.6. The molecule has 2 aromatic heterocycles. The Morgan fingerprint density at radius 1 is 1.12 bits per heavy atom. The number of halogens is 1. The number of para-hydroxylation sites is 1. The van der Waals surface area contributed by atoms with Crippen LogP contribution >= 0.6 is 11.6 Å². The number of pyridine rings is 1. The number of H-pyrrole nitrogens is 1. The minimum atomic E-state index is -1.02. The molecule has 0 saturated carbocycles. The molecular weight excluding hydrogens is 330 g/mol. The molecule has 0 radical (unpaired) electrons. The highest BCUT2D eigenvalue weighted by molar-refractivity contribution is 6.35. The van der Waals surface area contributed by atoms with Gasteiger partial charge in [0.15, 0.2) is 0 Å². The molecule has 24 heavy (non-hydrogen) atoms. The summed E-state index contributed by atoms with van der Waals surface area (Å²) >= 11 is 6.15. The molecule has 0 saturated heterocycles. The molecule has 7 heteroatoms. The monoisotopic (exact) mass is 339 g/mol. The van der Waals surface area contributed by atoms with Crippen molar-refractivity contribution in [2.24, 2.45) is 0 Å². The van der Waals surface area contributed by atoms with Gasteiger partial charge in [0.05, 0.1) is 32.7 Å². The molecule has 0 aliphatic heterocycles. The molecule has 0 amide bonds. The van der Waals surface area contributed by atoms with Crippen molar-refractivity contribution < 1.29 is 9.90 Å². The summed E-state index contributed by atoms with van der Waals surface area (Å²) in [6.45, 7) is 0. The van der Waals surface area contributed by atoms with Crippen LogP contribution in [0.25, 0.3) is 27.5 Å². The molecule has 0 spiro atoms. The first-order valence-corrected chi connectivity index (χ1v) is 7.46. The Balaban J connectivity index is 1.98. The first-order valence-electron chi connectivity index (χ1n) is 7.08. The molecule has 0 atom stereocenters. The molecule has 4 aromatic rings. The van der Waals surface area contributed by atoms with Gasteiger partial charge in [0.1, 0.15) is 0 Å². The molecule has 0 bridgehead atoms. The Labute approximate surface area is 139 Å². The molecule has 0 aliphatic rings. The first kappa shape index (κ1) is 14.5. The minimum Gasteiger partial charge on any atom is -0.478 e. The minimum absolute atomic E-state index is 0.154. The van der Waals surface area contributed by atoms with Crippen LogP contribution in [0.15, 0.2) is 53.5 Å². The Hall–Kier alpha value is -3.12. The van der Waals surface area contributed by atoms with Crippen molar-refractivity contribution >= 4 is 39.4 Å². The fraction of sp³-hybridized carbons (Fsp3) is 0. The van der Waals surface area contributed by atoms with Crippen LogP contribution in [0.2, 0.25) is 5.02 Å². The van der Waals surface area contributed by atoms with Gasteiger partial charge in [0.25, 0.3) is 5.56 Å². The summed E-state index contributed by atoms with van der Waals surface area (Å²) in [7, 11) is 0. The van der Waals surface area contributed by atoms with Crippen LogP contribution in [0.5, 0.6) is 0 Å². The summed E-state index contributed by atoms with van der Waals surface area (Å²) in [5.74, 6) is -1.02. The Kier molecular flexibility index (Phi) is 3.14. The Morgan fingerprint density at radius 2 is 1.88 bits per heavy atom. The quantitative estimate of drug-likeness (QED) is 0.587. The van der Waals surface area contributed by atoms with Crippen molar-refractivity contribution in [1.29, 1.82) is 0 Å². The van der Waals surface area contributed by atoms with Gasteiger partial charge in [0, 0.05) is 11.6 Å². The van der Waals surface area contributed by atoms with Gasteiger partial charge in [-0.05, 0) is 30.3 Å². The third-order valence-electron chi connectivity index (χ3n) is 3.88. The third-order valence-corrected chi connectivity index (χ3v) is 4.18. The number of carboxylic acids is 1. The third kappa shape index (κ3) is 2.08. The van der Waals surface area contributed by atoms with Gasteiger partial charge >= 0.3 is 5.97 Å². The number of nitrogens with one attached hydrogen (secondary N) is 1. The van der Waals surface area contributed by atoms with E-state index in [0.29, 0.717) is 27.1 Å². The van der Waals surface area contributed by atoms with E-state index in [2.05, 4.69) is 10.1 Å². The van der Waals surface area contributed by atoms with Gasteiger partial charge in [-0.3, -0.25) is 14.9 Å². The van der Waals surface area contributed by atoms with Crippen LogP contribution in [-0.2, 0) is 0 Å². The van der Waals surface area contributed by atoms with Gasteiger partial charge in [-0.25, -0.2) is 9.48 Å². The van der Waals surface area contributed by atoms with Crippen molar-refractivity contribution in [3.8, 4) is 5.69 Å². The second kappa shape index (κ2) is 5.21. The van der Waals surface area contributed by atoms with E-state index in [-0.39, 0.29) is 11.1 Å². The zero-order valence-electron chi connectivity index (χ0n) is 12.2. The molecule has 0 fully saturated rings. The molecule has 118 valence electrons. The molecular formula is C17H10ClN3O3. The van der Waals surface area contributed by atoms with Crippen LogP contribution < -0.4 is 5.56 Å². The smallest absolute Gasteiger partial charge is 0.335 e. The van der Waals surface area contributed by atoms with Crippen LogP contribution in [0.3, 0.4) is 0 Å². The van der Waals surface area contributed by atoms with Crippen LogP contribution in [0.1, 0.15) is 10.4 Å². The summed E-state index contributed by atoms with van der Waals surface area (Å²) in [5.41, 5.74) is 1.68. The lowest BCUT2D eigenvalue weighted by molar-refractivity contribution is 0.0697. The second-order valence-electron chi connectivity index (χ2n) is 5.29. The fourth-order valence-electron chi connectivity index (χ4n) is 2.69. The normalized spacial score (nSPS) is 11.2. The summed E-state index contributed by atoms with van der Waals surface area (Å²) in [4.78, 5) is 27.8. The maximum atomic E-state index is 12.6. The zero-order valence-corrected chi connectivity index (χ0v) is 12.9. The van der Waals surface area contributed by atoms with E-state index in [4.69, 9.17) is 16.7 Å². The highest BCUT2D eigenvalue weighted by Gasteiger charge is 2.13. The standard InChI is InChI=1S/C17H10ClN3O3/c18-13-3-1-2-11-14-12(8-19-15(11)13)16(22)21(20-14)10-6-4-9(5-7-10)17(23)24/h1-8,20H,(H,23,24). The number of aromatic carboxylic acids is 1. The van der Waals surface area contributed by atoms with E-state index in [0.717, 1.165) is 5.39 Å². The maximum absolute atomic E-state index is 12.6. The van der Waals surface area contributed by atoms with Crippen molar-refractivity contribution in [1.82, 2.24) is 14.8 Å². The number of fused-ring (bicyclic) bond motifs is 3. The number of hydrogen-bond donors (Lipinski definition) is 2. The highest BCUT2D eigenvalue weighted by Crippen LogP contribution is 2.26. The highest BCUT2D eigenvalue weighted by atomic mass is 35.5. The average molecular weight is 340 g/mol. The van der Waals surface area contributed by atoms with E-state index in [1.807, 2.05) is 6.07 Å². The molecule has 6 nitrogen and oxygen atoms in total. The van der Waals surface area contributed by atoms with Gasteiger partial charge in [-0.15, -0.1) is 0 Å². The largest absolute Gasteiger partial charge is 0.478 e. The predicted octanol–water partition coefficient (Wildman–Crippen LogP) is 3.22. The van der Waals surface area contributed by atoms with E-state index < -0.39 is 5.97 Å². The SMILES string of the molecule is O=C(O)c1ccc(-n2[nH]c3c(cnc4c(Cl)cccc43)c2=O)cc1. The summed E-state index contributed by atoms with van der Waals surface area (Å²) in [5, 5.41) is 13.7. The number of aromatic amines is 1. The topological polar surface area (TPSA) is 88.0 Å². The molecule has 0 unspecified atom stereocenters. The van der Waals surface area contributed by atoms with Crippen molar-refractivity contribution in [2.45, 2.75) is 0 Å². The van der Waals surface area contributed by atoms with Crippen molar-refractivity contribution in [2.75, 3.05) is 0 Å². The number of rotatable bonds is 2. The maximum Gasteiger partial charge on any atom is 0.335 e. The summed E-state index contributed by atoms with van der Waals surface area (Å²) < 4.78 is 1.36. The number of benzene rings is 2. The van der Waals surface area contributed by atoms with Crippen molar-refractivity contribution in [3.05, 3.63) is 69.6 Å². The molecule has 2 aromatic carbocycles. The van der Waals surface area contributed by atoms with Gasteiger partial charge in [0.2, 0.25) is 0 Å². The van der Waals surface area contributed by atoms with Gasteiger partial charge in [-0.2, -0.15) is 0 Å². The molecule has 0 aliphatic carbocycles. The van der Waals surface area contributed by atoms with Crippen LogP contribution in [0, 0.1) is 0 Å². The number of carboxylic acid groups (broad SMARTS) is 1. The lowest BCUT2D eigenvalue weighted by Crippen LogP contribution is -2.14. The number of hydrogen-bond acceptors (Lipinski definition) is 3. The van der Waals surface area contributed by atoms with E-state index in [1.165, 1.54) is 23.0 Å². The molecule has 4 rings (SSSR count). The Morgan fingerprint density at radius 3 is 2.58 bits per heavy atom. The van der Waals surface area contributed by atoms with E-state index >= 15 is 0 Å². The van der Waals surface area contributed by atoms with Crippen LogP contribution in [0.4, 0.5) is 0 Å². The van der Waals surface area contributed by atoms with E-state index in [1.54, 1.807) is 24.3 Å². The lowest BCUT2D eigenvalue weighted by atomic mass is 10.2. The fourth-order valence-corrected chi connectivity index (χ4v) is 2.91. The second-order valence-corrected chi connectivity index (χ2v) is 5.69. The number of aromatic nitrogens is 3. The van der Waals surface area contributed by atoms with Crippen molar-refractivity contribution in [3.63, 3.8) is 0 Å². The van der Waals surface area contributed by atoms with Crippen LogP contribution in [-0.4, -0.2) is 25.8 Å². The number of carbonyl (C=O) groups is 1. The van der Waals surface area contributed by atoms with E-state index in [9.17, 15) is 9.59 Å². The Bertz CT molecular complexity index is 1160. The zero-order chi connectivity index (χ0) is 16.8. The summed E-state index contributed by atoms with van der Waals surface area (Å²) in [6.07, 6.45) is 1.49. The summed E-state index contributed by atoms with van der Waals surface area (Å²) in [6, 6.07) is 11.4. The van der Waals surface area contributed by atoms with Gasteiger partial charge < -0.3 is 5.11 Å².